The van der Waals surface area contributed by atoms with Crippen LogP contribution < -0.4 is 10.0 Å². The van der Waals surface area contributed by atoms with Gasteiger partial charge in [-0.2, -0.15) is 4.31 Å². The number of nitrogens with one attached hydrogen (secondary N) is 2. The molecule has 174 valence electrons. The van der Waals surface area contributed by atoms with E-state index in [-0.39, 0.29) is 68.8 Å². The van der Waals surface area contributed by atoms with Crippen LogP contribution in [0, 0.1) is 13.8 Å². The van der Waals surface area contributed by atoms with Crippen LogP contribution in [0.2, 0.25) is 0 Å². The van der Waals surface area contributed by atoms with E-state index in [0.717, 1.165) is 11.8 Å². The molecule has 1 aromatic carbocycles. The molecular formula is C19H30N4O6S2. The molecule has 2 amide bonds. The predicted molar refractivity (Wildman–Crippen MR) is 116 cm³/mol. The van der Waals surface area contributed by atoms with E-state index in [9.17, 15) is 26.4 Å². The number of hydrogen-bond acceptors (Lipinski definition) is 6. The van der Waals surface area contributed by atoms with Gasteiger partial charge in [-0.3, -0.25) is 9.59 Å². The Morgan fingerprint density at radius 3 is 2.23 bits per heavy atom. The quantitative estimate of drug-likeness (QED) is 0.467. The molecule has 31 heavy (non-hydrogen) atoms. The van der Waals surface area contributed by atoms with E-state index in [1.165, 1.54) is 4.31 Å². The minimum Gasteiger partial charge on any atom is -0.355 e. The highest BCUT2D eigenvalue weighted by atomic mass is 32.2. The molecule has 0 radical (unpaired) electrons. The molecule has 0 aromatic heterocycles. The normalized spacial score (nSPS) is 15.6. The molecule has 10 nitrogen and oxygen atoms in total. The van der Waals surface area contributed by atoms with Crippen molar-refractivity contribution in [3.05, 3.63) is 29.3 Å². The van der Waals surface area contributed by atoms with Gasteiger partial charge >= 0.3 is 0 Å². The van der Waals surface area contributed by atoms with Crippen molar-refractivity contribution >= 4 is 31.9 Å². The summed E-state index contributed by atoms with van der Waals surface area (Å²) in [5.41, 5.74) is 1.55. The Morgan fingerprint density at radius 1 is 0.968 bits per heavy atom. The Hall–Kier alpha value is -2.02. The molecule has 1 fully saturated rings. The van der Waals surface area contributed by atoms with Crippen molar-refractivity contribution < 1.29 is 26.4 Å². The minimum atomic E-state index is -3.63. The molecule has 0 aliphatic carbocycles. The number of benzene rings is 1. The van der Waals surface area contributed by atoms with Crippen LogP contribution in [-0.2, 0) is 29.6 Å². The first-order chi connectivity index (χ1) is 14.4. The molecule has 1 saturated heterocycles. The van der Waals surface area contributed by atoms with Gasteiger partial charge < -0.3 is 10.2 Å². The number of piperazine rings is 1. The predicted octanol–water partition coefficient (Wildman–Crippen LogP) is -0.418. The van der Waals surface area contributed by atoms with Gasteiger partial charge in [-0.25, -0.2) is 21.6 Å². The van der Waals surface area contributed by atoms with Crippen LogP contribution in [-0.4, -0.2) is 83.4 Å². The standard InChI is InChI=1S/C19H30N4O6S2/c1-15-4-5-16(2)17(14-15)31(28,29)23-12-10-22(11-13-23)19(25)7-6-18(24)20-8-9-21-30(3,26)27/h4-5,14,21H,6-13H2,1-3H3,(H,20,24). The molecule has 1 aromatic rings. The maximum absolute atomic E-state index is 13.0. The van der Waals surface area contributed by atoms with Gasteiger partial charge in [0.2, 0.25) is 31.9 Å². The second-order valence-corrected chi connectivity index (χ2v) is 11.3. The lowest BCUT2D eigenvalue weighted by Crippen LogP contribution is -2.50. The molecule has 2 N–H and O–H groups in total. The lowest BCUT2D eigenvalue weighted by atomic mass is 10.2. The Bertz CT molecular complexity index is 1020. The maximum atomic E-state index is 13.0. The van der Waals surface area contributed by atoms with Crippen molar-refractivity contribution in [3.63, 3.8) is 0 Å². The highest BCUT2D eigenvalue weighted by Gasteiger charge is 2.31. The van der Waals surface area contributed by atoms with Gasteiger partial charge in [0.05, 0.1) is 11.2 Å². The SMILES string of the molecule is Cc1ccc(C)c(S(=O)(=O)N2CCN(C(=O)CCC(=O)NCCNS(C)(=O)=O)CC2)c1. The van der Waals surface area contributed by atoms with E-state index < -0.39 is 20.0 Å². The molecule has 0 atom stereocenters. The number of amides is 2. The van der Waals surface area contributed by atoms with Crippen LogP contribution in [0.4, 0.5) is 0 Å². The third-order valence-corrected chi connectivity index (χ3v) is 7.70. The number of carbonyl (C=O) groups excluding carboxylic acids is 2. The van der Waals surface area contributed by atoms with E-state index in [0.29, 0.717) is 5.56 Å². The molecule has 2 rings (SSSR count). The van der Waals surface area contributed by atoms with Gasteiger partial charge in [0.15, 0.2) is 0 Å². The van der Waals surface area contributed by atoms with Crippen LogP contribution >= 0.6 is 0 Å². The largest absolute Gasteiger partial charge is 0.355 e. The van der Waals surface area contributed by atoms with Gasteiger partial charge in [0.25, 0.3) is 0 Å². The van der Waals surface area contributed by atoms with Crippen molar-refractivity contribution in [2.45, 2.75) is 31.6 Å². The first-order valence-corrected chi connectivity index (χ1v) is 13.3. The Morgan fingerprint density at radius 2 is 1.61 bits per heavy atom. The molecule has 0 bridgehead atoms. The molecule has 0 spiro atoms. The maximum Gasteiger partial charge on any atom is 0.243 e. The Labute approximate surface area is 184 Å². The first kappa shape index (κ1) is 25.2. The molecule has 0 unspecified atom stereocenters. The fraction of sp³-hybridized carbons (Fsp3) is 0.579. The summed E-state index contributed by atoms with van der Waals surface area (Å²) in [5, 5.41) is 2.54. The number of sulfonamides is 2. The van der Waals surface area contributed by atoms with Gasteiger partial charge in [-0.1, -0.05) is 12.1 Å². The fourth-order valence-corrected chi connectivity index (χ4v) is 5.41. The number of hydrogen-bond donors (Lipinski definition) is 2. The zero-order valence-corrected chi connectivity index (χ0v) is 19.7. The van der Waals surface area contributed by atoms with E-state index in [4.69, 9.17) is 0 Å². The summed E-state index contributed by atoms with van der Waals surface area (Å²) < 4.78 is 51.5. The van der Waals surface area contributed by atoms with Gasteiger partial charge in [0.1, 0.15) is 0 Å². The third kappa shape index (κ3) is 7.56. The van der Waals surface area contributed by atoms with E-state index >= 15 is 0 Å². The van der Waals surface area contributed by atoms with Gasteiger partial charge in [-0.15, -0.1) is 0 Å². The summed E-state index contributed by atoms with van der Waals surface area (Å²) in [7, 11) is -6.94. The number of aryl methyl sites for hydroxylation is 2. The first-order valence-electron chi connectivity index (χ1n) is 9.96. The molecule has 0 saturated carbocycles. The molecule has 1 aliphatic heterocycles. The Kier molecular flexibility index (Phi) is 8.57. The molecular weight excluding hydrogens is 444 g/mol. The summed E-state index contributed by atoms with van der Waals surface area (Å²) in [4.78, 5) is 26.0. The topological polar surface area (TPSA) is 133 Å². The third-order valence-electron chi connectivity index (χ3n) is 4.93. The minimum absolute atomic E-state index is 0.00900. The zero-order valence-electron chi connectivity index (χ0n) is 18.0. The lowest BCUT2D eigenvalue weighted by molar-refractivity contribution is -0.134. The van der Waals surface area contributed by atoms with Crippen molar-refractivity contribution in [1.29, 1.82) is 0 Å². The second kappa shape index (κ2) is 10.5. The molecule has 1 aliphatic rings. The van der Waals surface area contributed by atoms with E-state index in [1.54, 1.807) is 24.0 Å². The zero-order chi connectivity index (χ0) is 23.2. The van der Waals surface area contributed by atoms with Crippen LogP contribution in [0.25, 0.3) is 0 Å². The van der Waals surface area contributed by atoms with Crippen LogP contribution in [0.3, 0.4) is 0 Å². The molecule has 1 heterocycles. The second-order valence-electron chi connectivity index (χ2n) is 7.57. The average Bonchev–Trinajstić information content (AvgIpc) is 2.70. The Balaban J connectivity index is 1.79. The van der Waals surface area contributed by atoms with Crippen molar-refractivity contribution in [3.8, 4) is 0 Å². The summed E-state index contributed by atoms with van der Waals surface area (Å²) >= 11 is 0. The number of nitrogens with zero attached hydrogens (tertiary/aromatic N) is 2. The number of carbonyl (C=O) groups is 2. The van der Waals surface area contributed by atoms with Crippen molar-refractivity contribution in [1.82, 2.24) is 19.2 Å². The van der Waals surface area contributed by atoms with E-state index in [2.05, 4.69) is 10.0 Å². The summed E-state index contributed by atoms with van der Waals surface area (Å²) in [6, 6.07) is 5.31. The fourth-order valence-electron chi connectivity index (χ4n) is 3.21. The van der Waals surface area contributed by atoms with E-state index in [1.807, 2.05) is 13.0 Å². The van der Waals surface area contributed by atoms with Crippen molar-refractivity contribution in [2.24, 2.45) is 0 Å². The average molecular weight is 475 g/mol. The van der Waals surface area contributed by atoms with Crippen LogP contribution in [0.5, 0.6) is 0 Å². The van der Waals surface area contributed by atoms with Crippen LogP contribution in [0.1, 0.15) is 24.0 Å². The molecule has 12 heteroatoms. The summed E-state index contributed by atoms with van der Waals surface area (Å²) in [5.74, 6) is -0.562. The summed E-state index contributed by atoms with van der Waals surface area (Å²) in [6.45, 7) is 4.74. The highest BCUT2D eigenvalue weighted by molar-refractivity contribution is 7.89. The lowest BCUT2D eigenvalue weighted by Gasteiger charge is -2.34. The van der Waals surface area contributed by atoms with Crippen LogP contribution in [0.15, 0.2) is 23.1 Å². The number of rotatable bonds is 9. The van der Waals surface area contributed by atoms with Crippen molar-refractivity contribution in [2.75, 3.05) is 45.5 Å². The van der Waals surface area contributed by atoms with Gasteiger partial charge in [0, 0.05) is 52.1 Å². The van der Waals surface area contributed by atoms with Gasteiger partial charge in [-0.05, 0) is 31.0 Å². The smallest absolute Gasteiger partial charge is 0.243 e. The summed E-state index contributed by atoms with van der Waals surface area (Å²) in [6.07, 6.45) is 1.02. The highest BCUT2D eigenvalue weighted by Crippen LogP contribution is 2.22. The monoisotopic (exact) mass is 474 g/mol.